The summed E-state index contributed by atoms with van der Waals surface area (Å²) >= 11 is 0. The third-order valence-electron chi connectivity index (χ3n) is 7.27. The molecule has 2 aliphatic heterocycles. The molecule has 10 heteroatoms. The van der Waals surface area contributed by atoms with Gasteiger partial charge in [-0.2, -0.15) is 0 Å². The van der Waals surface area contributed by atoms with Crippen LogP contribution in [0.1, 0.15) is 36.4 Å². The summed E-state index contributed by atoms with van der Waals surface area (Å²) < 4.78 is 35.5. The number of halogens is 2. The molecule has 0 saturated carbocycles. The minimum atomic E-state index is -0.595. The Morgan fingerprint density at radius 2 is 1.97 bits per heavy atom. The van der Waals surface area contributed by atoms with Gasteiger partial charge in [0.2, 0.25) is 0 Å². The third-order valence-corrected chi connectivity index (χ3v) is 7.27. The van der Waals surface area contributed by atoms with E-state index in [1.54, 1.807) is 13.1 Å². The average molecular weight is 537 g/mol. The van der Waals surface area contributed by atoms with Crippen LogP contribution in [0.3, 0.4) is 0 Å². The summed E-state index contributed by atoms with van der Waals surface area (Å²) in [5, 5.41) is 5.38. The summed E-state index contributed by atoms with van der Waals surface area (Å²) in [5.74, 6) is -0.453. The molecule has 5 rings (SSSR count). The van der Waals surface area contributed by atoms with Gasteiger partial charge in [0.05, 0.1) is 18.4 Å². The lowest BCUT2D eigenvalue weighted by Gasteiger charge is -2.34. The summed E-state index contributed by atoms with van der Waals surface area (Å²) in [6, 6.07) is 9.34. The molecule has 2 N–H and O–H groups in total. The largest absolute Gasteiger partial charge is 0.486 e. The van der Waals surface area contributed by atoms with Gasteiger partial charge in [-0.25, -0.2) is 23.5 Å². The lowest BCUT2D eigenvalue weighted by molar-refractivity contribution is 0.232. The molecular weight excluding hydrogens is 502 g/mol. The molecule has 2 aliphatic rings. The highest BCUT2D eigenvalue weighted by Gasteiger charge is 2.26. The summed E-state index contributed by atoms with van der Waals surface area (Å²) in [4.78, 5) is 24.5. The SMILES string of the molecule is CNC(=O)NCCN1CCc2cc(Cc3ncc(F)c(-c4cc(F)c5c(c4)N(C(C)C)CCO5)n3)ccc2C1. The molecule has 2 amide bonds. The monoisotopic (exact) mass is 536 g/mol. The first kappa shape index (κ1) is 26.8. The van der Waals surface area contributed by atoms with E-state index in [-0.39, 0.29) is 23.5 Å². The van der Waals surface area contributed by atoms with Crippen LogP contribution < -0.4 is 20.3 Å². The van der Waals surface area contributed by atoms with Crippen LogP contribution >= 0.6 is 0 Å². The van der Waals surface area contributed by atoms with E-state index in [0.29, 0.717) is 43.2 Å². The van der Waals surface area contributed by atoms with Gasteiger partial charge in [-0.05, 0) is 49.1 Å². The Morgan fingerprint density at radius 1 is 1.13 bits per heavy atom. The van der Waals surface area contributed by atoms with E-state index < -0.39 is 11.6 Å². The van der Waals surface area contributed by atoms with Crippen LogP contribution in [-0.2, 0) is 19.4 Å². The number of benzene rings is 2. The van der Waals surface area contributed by atoms with Crippen molar-refractivity contribution < 1.29 is 18.3 Å². The summed E-state index contributed by atoms with van der Waals surface area (Å²) in [5.41, 5.74) is 4.62. The zero-order chi connectivity index (χ0) is 27.5. The van der Waals surface area contributed by atoms with Gasteiger partial charge in [-0.15, -0.1) is 0 Å². The lowest BCUT2D eigenvalue weighted by atomic mass is 9.96. The minimum absolute atomic E-state index is 0.0787. The van der Waals surface area contributed by atoms with Crippen molar-refractivity contribution in [2.45, 2.75) is 39.3 Å². The van der Waals surface area contributed by atoms with Crippen molar-refractivity contribution in [1.82, 2.24) is 25.5 Å². The third kappa shape index (κ3) is 5.95. The van der Waals surface area contributed by atoms with Gasteiger partial charge in [0.15, 0.2) is 17.4 Å². The van der Waals surface area contributed by atoms with Gasteiger partial charge in [0.25, 0.3) is 0 Å². The molecule has 0 fully saturated rings. The molecule has 0 aliphatic carbocycles. The second-order valence-electron chi connectivity index (χ2n) is 10.2. The Hall–Kier alpha value is -3.79. The van der Waals surface area contributed by atoms with Crippen LogP contribution in [0.15, 0.2) is 36.5 Å². The van der Waals surface area contributed by atoms with Gasteiger partial charge in [-0.3, -0.25) is 4.90 Å². The average Bonchev–Trinajstić information content (AvgIpc) is 2.93. The second kappa shape index (κ2) is 11.5. The molecule has 0 spiro atoms. The van der Waals surface area contributed by atoms with Gasteiger partial charge in [-0.1, -0.05) is 18.2 Å². The molecule has 0 bridgehead atoms. The minimum Gasteiger partial charge on any atom is -0.486 e. The number of ether oxygens (including phenoxy) is 1. The number of carbonyl (C=O) groups excluding carboxylic acids is 1. The molecule has 0 radical (unpaired) electrons. The van der Waals surface area contributed by atoms with E-state index >= 15 is 0 Å². The maximum Gasteiger partial charge on any atom is 0.314 e. The number of hydrogen-bond acceptors (Lipinski definition) is 6. The van der Waals surface area contributed by atoms with Crippen molar-refractivity contribution >= 4 is 11.7 Å². The first-order chi connectivity index (χ1) is 18.8. The number of amides is 2. The van der Waals surface area contributed by atoms with E-state index in [2.05, 4.69) is 42.5 Å². The molecule has 8 nitrogen and oxygen atoms in total. The van der Waals surface area contributed by atoms with Crippen molar-refractivity contribution in [3.05, 3.63) is 70.7 Å². The van der Waals surface area contributed by atoms with Crippen molar-refractivity contribution in [2.75, 3.05) is 44.7 Å². The Kier molecular flexibility index (Phi) is 7.92. The first-order valence-electron chi connectivity index (χ1n) is 13.4. The second-order valence-corrected chi connectivity index (χ2v) is 10.2. The zero-order valence-corrected chi connectivity index (χ0v) is 22.6. The van der Waals surface area contributed by atoms with E-state index in [0.717, 1.165) is 37.8 Å². The Morgan fingerprint density at radius 3 is 2.77 bits per heavy atom. The fourth-order valence-corrected chi connectivity index (χ4v) is 5.23. The number of hydrogen-bond donors (Lipinski definition) is 2. The van der Waals surface area contributed by atoms with Crippen LogP contribution in [-0.4, -0.2) is 66.8 Å². The van der Waals surface area contributed by atoms with Gasteiger partial charge in [0, 0.05) is 51.3 Å². The van der Waals surface area contributed by atoms with Gasteiger partial charge < -0.3 is 20.3 Å². The van der Waals surface area contributed by atoms with E-state index in [9.17, 15) is 13.6 Å². The summed E-state index contributed by atoms with van der Waals surface area (Å²) in [6.07, 6.45) is 2.51. The van der Waals surface area contributed by atoms with Crippen molar-refractivity contribution in [2.24, 2.45) is 0 Å². The number of nitrogens with zero attached hydrogens (tertiary/aromatic N) is 4. The van der Waals surface area contributed by atoms with Crippen LogP contribution in [0, 0.1) is 11.6 Å². The number of nitrogens with one attached hydrogen (secondary N) is 2. The first-order valence-corrected chi connectivity index (χ1v) is 13.4. The highest BCUT2D eigenvalue weighted by atomic mass is 19.1. The molecule has 3 aromatic rings. The van der Waals surface area contributed by atoms with Crippen molar-refractivity contribution in [3.63, 3.8) is 0 Å². The highest BCUT2D eigenvalue weighted by molar-refractivity contribution is 5.73. The Labute approximate surface area is 227 Å². The fourth-order valence-electron chi connectivity index (χ4n) is 5.23. The molecule has 0 saturated heterocycles. The van der Waals surface area contributed by atoms with E-state index in [1.807, 2.05) is 19.9 Å². The molecule has 0 unspecified atom stereocenters. The lowest BCUT2D eigenvalue weighted by Crippen LogP contribution is -2.40. The zero-order valence-electron chi connectivity index (χ0n) is 22.6. The molecule has 3 heterocycles. The quantitative estimate of drug-likeness (QED) is 0.477. The number of aromatic nitrogens is 2. The molecular formula is C29H34F2N6O2. The maximum atomic E-state index is 15.0. The molecule has 206 valence electrons. The predicted octanol–water partition coefficient (Wildman–Crippen LogP) is 3.91. The van der Waals surface area contributed by atoms with E-state index in [4.69, 9.17) is 4.74 Å². The summed E-state index contributed by atoms with van der Waals surface area (Å²) in [6.45, 7) is 8.20. The number of carbonyl (C=O) groups is 1. The normalized spacial score (nSPS) is 15.0. The van der Waals surface area contributed by atoms with Crippen LogP contribution in [0.2, 0.25) is 0 Å². The predicted molar refractivity (Wildman–Crippen MR) is 146 cm³/mol. The standard InChI is InChI=1S/C29H34F2N6O2/c1-18(2)37-10-11-39-28-23(30)14-22(15-25(28)37)27-24(31)16-34-26(35-27)13-19-4-5-21-17-36(8-6-20(21)12-19)9-7-33-29(38)32-3/h4-5,12,14-16,18H,6-11,13,17H2,1-3H3,(H2,32,33,38). The number of rotatable bonds is 7. The molecule has 2 aromatic carbocycles. The number of fused-ring (bicyclic) bond motifs is 2. The molecule has 39 heavy (non-hydrogen) atoms. The maximum absolute atomic E-state index is 15.0. The van der Waals surface area contributed by atoms with Crippen LogP contribution in [0.25, 0.3) is 11.3 Å². The smallest absolute Gasteiger partial charge is 0.314 e. The van der Waals surface area contributed by atoms with Gasteiger partial charge in [0.1, 0.15) is 18.1 Å². The Balaban J connectivity index is 1.32. The fraction of sp³-hybridized carbons (Fsp3) is 0.414. The molecule has 0 atom stereocenters. The van der Waals surface area contributed by atoms with Crippen molar-refractivity contribution in [1.29, 1.82) is 0 Å². The van der Waals surface area contributed by atoms with Crippen LogP contribution in [0.4, 0.5) is 19.3 Å². The van der Waals surface area contributed by atoms with E-state index in [1.165, 1.54) is 17.2 Å². The van der Waals surface area contributed by atoms with Crippen molar-refractivity contribution in [3.8, 4) is 17.0 Å². The number of urea groups is 1. The topological polar surface area (TPSA) is 82.6 Å². The Bertz CT molecular complexity index is 1370. The van der Waals surface area contributed by atoms with Gasteiger partial charge >= 0.3 is 6.03 Å². The van der Waals surface area contributed by atoms with Crippen LogP contribution in [0.5, 0.6) is 5.75 Å². The highest BCUT2D eigenvalue weighted by Crippen LogP contribution is 2.39. The molecule has 1 aromatic heterocycles. The number of anilines is 1. The summed E-state index contributed by atoms with van der Waals surface area (Å²) in [7, 11) is 1.60.